The Labute approximate surface area is 194 Å². The number of rotatable bonds is 6. The number of hydrogen-bond acceptors (Lipinski definition) is 6. The number of hydrogen-bond donors (Lipinski definition) is 0. The maximum Gasteiger partial charge on any atom is 0.313 e. The van der Waals surface area contributed by atoms with Crippen LogP contribution in [0.25, 0.3) is 11.0 Å². The molecule has 0 bridgehead atoms. The van der Waals surface area contributed by atoms with E-state index in [0.717, 1.165) is 17.7 Å². The topological polar surface area (TPSA) is 60.2 Å². The van der Waals surface area contributed by atoms with Crippen LogP contribution >= 0.6 is 11.8 Å². The highest BCUT2D eigenvalue weighted by molar-refractivity contribution is 7.98. The van der Waals surface area contributed by atoms with Crippen molar-refractivity contribution in [3.8, 4) is 11.5 Å². The molecule has 0 N–H and O–H groups in total. The minimum absolute atomic E-state index is 0.125. The summed E-state index contributed by atoms with van der Waals surface area (Å²) >= 11 is 1.45. The molecule has 2 heterocycles. The molecule has 9 heteroatoms. The van der Waals surface area contributed by atoms with Crippen molar-refractivity contribution in [2.24, 2.45) is 0 Å². The largest absolute Gasteiger partial charge is 0.448 e. The molecule has 0 aliphatic heterocycles. The molecule has 172 valence electrons. The Morgan fingerprint density at radius 2 is 1.76 bits per heavy atom. The van der Waals surface area contributed by atoms with E-state index in [0.29, 0.717) is 28.0 Å². The first-order chi connectivity index (χ1) is 15.9. The summed E-state index contributed by atoms with van der Waals surface area (Å²) in [6.07, 6.45) is 1.59. The SMILES string of the molecule is CC.CN(C)n1c(=O)c(Oc2ccc(F)cc2F)cc2cnc(SCc3ccccc3)nc21. The zero-order valence-electron chi connectivity index (χ0n) is 18.8. The molecule has 4 rings (SSSR count). The minimum atomic E-state index is -0.903. The lowest BCUT2D eigenvalue weighted by molar-refractivity contribution is 0.428. The average molecular weight is 471 g/mol. The van der Waals surface area contributed by atoms with Gasteiger partial charge in [0.1, 0.15) is 5.82 Å². The van der Waals surface area contributed by atoms with E-state index < -0.39 is 17.2 Å². The highest BCUT2D eigenvalue weighted by Crippen LogP contribution is 2.26. The summed E-state index contributed by atoms with van der Waals surface area (Å²) < 4.78 is 34.0. The van der Waals surface area contributed by atoms with Crippen LogP contribution in [0.5, 0.6) is 11.5 Å². The molecule has 0 aliphatic rings. The normalized spacial score (nSPS) is 10.5. The number of ether oxygens (including phenoxy) is 1. The van der Waals surface area contributed by atoms with Gasteiger partial charge < -0.3 is 9.75 Å². The van der Waals surface area contributed by atoms with Crippen LogP contribution in [0.3, 0.4) is 0 Å². The maximum absolute atomic E-state index is 14.0. The van der Waals surface area contributed by atoms with Crippen molar-refractivity contribution in [2.75, 3.05) is 19.1 Å². The van der Waals surface area contributed by atoms with E-state index in [4.69, 9.17) is 4.74 Å². The van der Waals surface area contributed by atoms with Gasteiger partial charge in [-0.05, 0) is 23.8 Å². The minimum Gasteiger partial charge on any atom is -0.448 e. The zero-order valence-corrected chi connectivity index (χ0v) is 19.6. The summed E-state index contributed by atoms with van der Waals surface area (Å²) in [4.78, 5) is 21.9. The summed E-state index contributed by atoms with van der Waals surface area (Å²) in [5, 5.41) is 2.61. The Bertz CT molecular complexity index is 1300. The summed E-state index contributed by atoms with van der Waals surface area (Å²) in [5.74, 6) is -1.33. The third-order valence-electron chi connectivity index (χ3n) is 4.39. The zero-order chi connectivity index (χ0) is 24.0. The predicted molar refractivity (Wildman–Crippen MR) is 128 cm³/mol. The van der Waals surface area contributed by atoms with Crippen LogP contribution < -0.4 is 15.3 Å². The molecule has 0 saturated heterocycles. The Morgan fingerprint density at radius 1 is 1.03 bits per heavy atom. The second kappa shape index (κ2) is 10.9. The highest BCUT2D eigenvalue weighted by Gasteiger charge is 2.17. The molecule has 0 saturated carbocycles. The molecule has 0 atom stereocenters. The van der Waals surface area contributed by atoms with Crippen molar-refractivity contribution in [1.82, 2.24) is 14.6 Å². The summed E-state index contributed by atoms with van der Waals surface area (Å²) in [6, 6.07) is 14.3. The molecule has 0 aliphatic carbocycles. The van der Waals surface area contributed by atoms with Gasteiger partial charge in [-0.3, -0.25) is 4.79 Å². The smallest absolute Gasteiger partial charge is 0.313 e. The van der Waals surface area contributed by atoms with Gasteiger partial charge in [0.25, 0.3) is 0 Å². The van der Waals surface area contributed by atoms with Gasteiger partial charge in [-0.25, -0.2) is 18.7 Å². The Hall–Kier alpha value is -3.46. The van der Waals surface area contributed by atoms with E-state index in [1.165, 1.54) is 22.5 Å². The van der Waals surface area contributed by atoms with Crippen molar-refractivity contribution in [2.45, 2.75) is 24.8 Å². The number of benzene rings is 2. The van der Waals surface area contributed by atoms with Gasteiger partial charge in [-0.1, -0.05) is 55.9 Å². The Kier molecular flexibility index (Phi) is 8.00. The first-order valence-electron chi connectivity index (χ1n) is 10.3. The number of pyridine rings is 1. The summed E-state index contributed by atoms with van der Waals surface area (Å²) in [5.41, 5.74) is 0.998. The van der Waals surface area contributed by atoms with E-state index in [2.05, 4.69) is 9.97 Å². The fraction of sp³-hybridized carbons (Fsp3) is 0.208. The van der Waals surface area contributed by atoms with Gasteiger partial charge >= 0.3 is 5.56 Å². The summed E-state index contributed by atoms with van der Waals surface area (Å²) in [6.45, 7) is 4.00. The average Bonchev–Trinajstić information content (AvgIpc) is 2.81. The lowest BCUT2D eigenvalue weighted by atomic mass is 10.2. The first kappa shape index (κ1) is 24.2. The van der Waals surface area contributed by atoms with Crippen molar-refractivity contribution in [1.29, 1.82) is 0 Å². The Balaban J connectivity index is 0.00000149. The number of aromatic nitrogens is 3. The second-order valence-electron chi connectivity index (χ2n) is 6.86. The van der Waals surface area contributed by atoms with E-state index in [1.807, 2.05) is 44.2 Å². The van der Waals surface area contributed by atoms with Gasteiger partial charge in [0.2, 0.25) is 0 Å². The number of thioether (sulfide) groups is 1. The van der Waals surface area contributed by atoms with Crippen LogP contribution in [-0.4, -0.2) is 28.7 Å². The van der Waals surface area contributed by atoms with E-state index >= 15 is 0 Å². The molecular formula is C24H24F2N4O2S. The number of halogens is 2. The standard InChI is InChI=1S/C22H18F2N4O2S.C2H6/c1-27(2)28-20-15(12-25-22(26-20)31-13-14-6-4-3-5-7-14)10-19(21(28)29)30-18-9-8-16(23)11-17(18)24;1-2/h3-12H,13H2,1-2H3;1-2H3. The second-order valence-corrected chi connectivity index (χ2v) is 7.80. The van der Waals surface area contributed by atoms with Crippen molar-refractivity contribution < 1.29 is 13.5 Å². The molecule has 0 radical (unpaired) electrons. The molecule has 2 aromatic heterocycles. The monoisotopic (exact) mass is 470 g/mol. The highest BCUT2D eigenvalue weighted by atomic mass is 32.2. The van der Waals surface area contributed by atoms with Crippen molar-refractivity contribution in [3.05, 3.63) is 88.3 Å². The summed E-state index contributed by atoms with van der Waals surface area (Å²) in [7, 11) is 3.37. The molecule has 0 amide bonds. The third kappa shape index (κ3) is 5.67. The van der Waals surface area contributed by atoms with Crippen LogP contribution in [0, 0.1) is 11.6 Å². The number of fused-ring (bicyclic) bond motifs is 1. The fourth-order valence-electron chi connectivity index (χ4n) is 2.95. The molecule has 0 fully saturated rings. The van der Waals surface area contributed by atoms with Crippen LogP contribution in [0.2, 0.25) is 0 Å². The third-order valence-corrected chi connectivity index (χ3v) is 5.32. The van der Waals surface area contributed by atoms with Crippen molar-refractivity contribution >= 4 is 22.8 Å². The van der Waals surface area contributed by atoms with E-state index in [-0.39, 0.29) is 11.5 Å². The number of nitrogens with zero attached hydrogens (tertiary/aromatic N) is 4. The molecule has 6 nitrogen and oxygen atoms in total. The van der Waals surface area contributed by atoms with Gasteiger partial charge in [0, 0.05) is 37.5 Å². The van der Waals surface area contributed by atoms with Gasteiger partial charge in [0.05, 0.1) is 0 Å². The first-order valence-corrected chi connectivity index (χ1v) is 11.3. The van der Waals surface area contributed by atoms with Crippen LogP contribution in [-0.2, 0) is 5.75 Å². The van der Waals surface area contributed by atoms with Gasteiger partial charge in [-0.2, -0.15) is 4.68 Å². The van der Waals surface area contributed by atoms with Gasteiger partial charge in [-0.15, -0.1) is 0 Å². The van der Waals surface area contributed by atoms with E-state index in [1.54, 1.807) is 25.3 Å². The maximum atomic E-state index is 14.0. The lowest BCUT2D eigenvalue weighted by Gasteiger charge is -2.19. The molecule has 33 heavy (non-hydrogen) atoms. The fourth-order valence-corrected chi connectivity index (χ4v) is 3.72. The van der Waals surface area contributed by atoms with Crippen LogP contribution in [0.15, 0.2) is 70.7 Å². The molecule has 4 aromatic rings. The molecule has 0 unspecified atom stereocenters. The lowest BCUT2D eigenvalue weighted by Crippen LogP contribution is -2.37. The molecular weight excluding hydrogens is 446 g/mol. The van der Waals surface area contributed by atoms with Crippen molar-refractivity contribution in [3.63, 3.8) is 0 Å². The Morgan fingerprint density at radius 3 is 2.42 bits per heavy atom. The quantitative estimate of drug-likeness (QED) is 0.279. The van der Waals surface area contributed by atoms with Crippen LogP contribution in [0.1, 0.15) is 19.4 Å². The van der Waals surface area contributed by atoms with Gasteiger partial charge in [0.15, 0.2) is 28.1 Å². The predicted octanol–water partition coefficient (Wildman–Crippen LogP) is 5.38. The van der Waals surface area contributed by atoms with E-state index in [9.17, 15) is 13.6 Å². The van der Waals surface area contributed by atoms with Crippen LogP contribution in [0.4, 0.5) is 8.78 Å². The molecule has 0 spiro atoms. The molecule has 2 aromatic carbocycles.